The molecule has 0 spiro atoms. The molecule has 1 saturated heterocycles. The van der Waals surface area contributed by atoms with Crippen LogP contribution in [0.2, 0.25) is 0 Å². The highest BCUT2D eigenvalue weighted by Crippen LogP contribution is 2.19. The summed E-state index contributed by atoms with van der Waals surface area (Å²) < 4.78 is 0. The quantitative estimate of drug-likeness (QED) is 0.708. The predicted octanol–water partition coefficient (Wildman–Crippen LogP) is 4.07. The highest BCUT2D eigenvalue weighted by atomic mass is 16.1. The first-order valence-corrected chi connectivity index (χ1v) is 9.00. The van der Waals surface area contributed by atoms with Gasteiger partial charge in [0, 0.05) is 13.0 Å². The lowest BCUT2D eigenvalue weighted by Crippen LogP contribution is -2.32. The van der Waals surface area contributed by atoms with Crippen LogP contribution in [0.15, 0.2) is 0 Å². The zero-order valence-corrected chi connectivity index (χ0v) is 15.7. The second kappa shape index (κ2) is 16.0. The maximum absolute atomic E-state index is 11.3. The van der Waals surface area contributed by atoms with Crippen LogP contribution in [0.4, 0.5) is 0 Å². The van der Waals surface area contributed by atoms with Crippen LogP contribution in [0.5, 0.6) is 0 Å². The van der Waals surface area contributed by atoms with E-state index >= 15 is 0 Å². The third-order valence-electron chi connectivity index (χ3n) is 3.71. The molecule has 1 heterocycles. The van der Waals surface area contributed by atoms with Crippen molar-refractivity contribution in [3.8, 4) is 0 Å². The second-order valence-electron chi connectivity index (χ2n) is 5.54. The molecule has 0 aromatic rings. The summed E-state index contributed by atoms with van der Waals surface area (Å²) in [6.07, 6.45) is 5.95. The molecule has 1 fully saturated rings. The Bertz CT molecular complexity index is 231. The van der Waals surface area contributed by atoms with E-state index < -0.39 is 0 Å². The molecule has 0 amide bonds. The summed E-state index contributed by atoms with van der Waals surface area (Å²) >= 11 is 0. The van der Waals surface area contributed by atoms with Crippen LogP contribution in [-0.4, -0.2) is 55.9 Å². The van der Waals surface area contributed by atoms with Gasteiger partial charge in [0.2, 0.25) is 0 Å². The monoisotopic (exact) mass is 300 g/mol. The van der Waals surface area contributed by atoms with Crippen molar-refractivity contribution in [3.05, 3.63) is 0 Å². The van der Waals surface area contributed by atoms with E-state index in [4.69, 9.17) is 0 Å². The fraction of sp³-hybridized carbons (Fsp3) is 0.944. The van der Waals surface area contributed by atoms with Gasteiger partial charge in [-0.2, -0.15) is 0 Å². The highest BCUT2D eigenvalue weighted by molar-refractivity contribution is 5.80. The Balaban J connectivity index is 0. The lowest BCUT2D eigenvalue weighted by atomic mass is 9.94. The van der Waals surface area contributed by atoms with Gasteiger partial charge in [0.15, 0.2) is 0 Å². The Kier molecular flexibility index (Phi) is 17.4. The van der Waals surface area contributed by atoms with E-state index in [2.05, 4.69) is 23.9 Å². The first kappa shape index (κ1) is 22.9. The fourth-order valence-corrected chi connectivity index (χ4v) is 2.65. The van der Waals surface area contributed by atoms with Crippen molar-refractivity contribution >= 4 is 5.78 Å². The zero-order chi connectivity index (χ0) is 16.7. The van der Waals surface area contributed by atoms with E-state index in [1.165, 1.54) is 38.8 Å². The van der Waals surface area contributed by atoms with E-state index in [1.54, 1.807) is 0 Å². The molecular weight excluding hydrogens is 260 g/mol. The number of nitrogens with zero attached hydrogens (tertiary/aromatic N) is 2. The lowest BCUT2D eigenvalue weighted by Gasteiger charge is -2.30. The van der Waals surface area contributed by atoms with E-state index in [1.807, 2.05) is 34.6 Å². The molecule has 0 aromatic carbocycles. The van der Waals surface area contributed by atoms with Crippen LogP contribution < -0.4 is 0 Å². The fourth-order valence-electron chi connectivity index (χ4n) is 2.65. The molecule has 1 aliphatic rings. The van der Waals surface area contributed by atoms with Gasteiger partial charge in [-0.1, -0.05) is 34.6 Å². The summed E-state index contributed by atoms with van der Waals surface area (Å²) in [5.74, 6) is 1.23. The van der Waals surface area contributed by atoms with E-state index in [-0.39, 0.29) is 0 Å². The van der Waals surface area contributed by atoms with Crippen LogP contribution >= 0.6 is 0 Å². The molecule has 0 N–H and O–H groups in total. The molecule has 3 nitrogen and oxygen atoms in total. The van der Waals surface area contributed by atoms with Crippen molar-refractivity contribution in [2.75, 3.05) is 40.3 Å². The Labute approximate surface area is 134 Å². The molecule has 128 valence electrons. The van der Waals surface area contributed by atoms with Gasteiger partial charge in [0.05, 0.1) is 6.54 Å². The number of carbonyl (C=O) groups is 1. The Morgan fingerprint density at radius 3 is 2.38 bits per heavy atom. The minimum atomic E-state index is 0.352. The minimum absolute atomic E-state index is 0.352. The van der Waals surface area contributed by atoms with Gasteiger partial charge in [-0.25, -0.2) is 0 Å². The summed E-state index contributed by atoms with van der Waals surface area (Å²) in [6.45, 7) is 14.2. The molecular formula is C18H40N2O. The van der Waals surface area contributed by atoms with Crippen LogP contribution in [0.1, 0.15) is 66.7 Å². The molecule has 0 aromatic heterocycles. The van der Waals surface area contributed by atoms with Crippen molar-refractivity contribution < 1.29 is 4.79 Å². The molecule has 1 atom stereocenters. The average molecular weight is 301 g/mol. The summed E-state index contributed by atoms with van der Waals surface area (Å²) in [7, 11) is 4.28. The largest absolute Gasteiger partial charge is 0.306 e. The third-order valence-corrected chi connectivity index (χ3v) is 3.71. The maximum Gasteiger partial charge on any atom is 0.146 e. The Morgan fingerprint density at radius 2 is 1.86 bits per heavy atom. The molecule has 3 heteroatoms. The van der Waals surface area contributed by atoms with Crippen molar-refractivity contribution in [2.24, 2.45) is 5.92 Å². The number of rotatable bonds is 7. The molecule has 0 bridgehead atoms. The summed E-state index contributed by atoms with van der Waals surface area (Å²) in [4.78, 5) is 15.9. The van der Waals surface area contributed by atoms with Crippen LogP contribution in [0.3, 0.4) is 0 Å². The van der Waals surface area contributed by atoms with Crippen LogP contribution in [-0.2, 0) is 4.79 Å². The number of likely N-dealkylation sites (tertiary alicyclic amines) is 1. The topological polar surface area (TPSA) is 23.6 Å². The SMILES string of the molecule is CC.CC.CCC(=O)CN(C)CCCC1CCCN(C)C1. The van der Waals surface area contributed by atoms with Crippen LogP contribution in [0.25, 0.3) is 0 Å². The minimum Gasteiger partial charge on any atom is -0.306 e. The first-order valence-electron chi connectivity index (χ1n) is 9.00. The summed E-state index contributed by atoms with van der Waals surface area (Å²) in [5, 5.41) is 0. The number of likely N-dealkylation sites (N-methyl/N-ethyl adjacent to an activating group) is 1. The van der Waals surface area contributed by atoms with Gasteiger partial charge >= 0.3 is 0 Å². The standard InChI is InChI=1S/C14H28N2O.2C2H6/c1-4-14(17)12-16(3)10-6-8-13-7-5-9-15(2)11-13;2*1-2/h13H,4-12H2,1-3H3;2*1-2H3. The smallest absolute Gasteiger partial charge is 0.146 e. The number of Topliss-reactive ketones (excluding diaryl/α,β-unsaturated/α-hetero) is 1. The Hall–Kier alpha value is -0.410. The third kappa shape index (κ3) is 13.0. The van der Waals surface area contributed by atoms with E-state index in [9.17, 15) is 4.79 Å². The number of hydrogen-bond donors (Lipinski definition) is 0. The van der Waals surface area contributed by atoms with Gasteiger partial charge in [-0.3, -0.25) is 9.69 Å². The molecule has 0 aliphatic carbocycles. The van der Waals surface area contributed by atoms with E-state index in [0.717, 1.165) is 12.5 Å². The van der Waals surface area contributed by atoms with Gasteiger partial charge in [0.1, 0.15) is 5.78 Å². The molecule has 1 unspecified atom stereocenters. The number of carbonyl (C=O) groups excluding carboxylic acids is 1. The molecule has 21 heavy (non-hydrogen) atoms. The number of hydrogen-bond acceptors (Lipinski definition) is 3. The zero-order valence-electron chi connectivity index (χ0n) is 15.7. The summed E-state index contributed by atoms with van der Waals surface area (Å²) in [5.41, 5.74) is 0. The normalized spacial score (nSPS) is 18.4. The number of piperidine rings is 1. The molecule has 0 radical (unpaired) electrons. The van der Waals surface area contributed by atoms with Gasteiger partial charge in [-0.15, -0.1) is 0 Å². The van der Waals surface area contributed by atoms with Crippen molar-refractivity contribution in [1.29, 1.82) is 0 Å². The molecule has 0 saturated carbocycles. The summed E-state index contributed by atoms with van der Waals surface area (Å²) in [6, 6.07) is 0. The Morgan fingerprint density at radius 1 is 1.24 bits per heavy atom. The maximum atomic E-state index is 11.3. The highest BCUT2D eigenvalue weighted by Gasteiger charge is 2.16. The van der Waals surface area contributed by atoms with Crippen LogP contribution in [0, 0.1) is 5.92 Å². The van der Waals surface area contributed by atoms with Gasteiger partial charge in [-0.05, 0) is 58.8 Å². The first-order chi connectivity index (χ1) is 10.1. The van der Waals surface area contributed by atoms with Gasteiger partial charge < -0.3 is 4.90 Å². The van der Waals surface area contributed by atoms with Crippen molar-refractivity contribution in [2.45, 2.75) is 66.7 Å². The molecule has 1 rings (SSSR count). The van der Waals surface area contributed by atoms with Gasteiger partial charge in [0.25, 0.3) is 0 Å². The average Bonchev–Trinajstić information content (AvgIpc) is 2.51. The second-order valence-corrected chi connectivity index (χ2v) is 5.54. The van der Waals surface area contributed by atoms with Crippen molar-refractivity contribution in [1.82, 2.24) is 9.80 Å². The molecule has 1 aliphatic heterocycles. The van der Waals surface area contributed by atoms with E-state index in [0.29, 0.717) is 18.7 Å². The van der Waals surface area contributed by atoms with Crippen molar-refractivity contribution in [3.63, 3.8) is 0 Å². The predicted molar refractivity (Wildman–Crippen MR) is 94.9 cm³/mol. The lowest BCUT2D eigenvalue weighted by molar-refractivity contribution is -0.119. The number of ketones is 1.